The summed E-state index contributed by atoms with van der Waals surface area (Å²) in [7, 11) is 0. The molecular formula is C24H18FNO3. The van der Waals surface area contributed by atoms with Crippen LogP contribution in [0, 0.1) is 12.7 Å². The number of halogens is 1. The molecule has 0 saturated carbocycles. The number of rotatable bonds is 5. The molecule has 0 unspecified atom stereocenters. The van der Waals surface area contributed by atoms with Crippen LogP contribution in [0.2, 0.25) is 0 Å². The molecule has 1 heterocycles. The van der Waals surface area contributed by atoms with E-state index in [4.69, 9.17) is 9.47 Å². The predicted octanol–water partition coefficient (Wildman–Crippen LogP) is 5.06. The number of hydrogen-bond acceptors (Lipinski definition) is 4. The molecule has 0 saturated heterocycles. The van der Waals surface area contributed by atoms with Crippen LogP contribution in [0.25, 0.3) is 6.08 Å². The number of aryl methyl sites for hydroxylation is 1. The van der Waals surface area contributed by atoms with Crippen LogP contribution in [-0.4, -0.2) is 11.9 Å². The van der Waals surface area contributed by atoms with E-state index in [1.807, 2.05) is 55.5 Å². The number of aliphatic imine (C=N–C) groups is 1. The van der Waals surface area contributed by atoms with Gasteiger partial charge in [-0.05, 0) is 60.0 Å². The van der Waals surface area contributed by atoms with E-state index in [1.54, 1.807) is 18.2 Å². The highest BCUT2D eigenvalue weighted by Gasteiger charge is 2.24. The van der Waals surface area contributed by atoms with E-state index < -0.39 is 5.97 Å². The predicted molar refractivity (Wildman–Crippen MR) is 109 cm³/mol. The first-order valence-electron chi connectivity index (χ1n) is 9.14. The van der Waals surface area contributed by atoms with Gasteiger partial charge in [-0.2, -0.15) is 0 Å². The second-order valence-corrected chi connectivity index (χ2v) is 6.64. The largest absolute Gasteiger partial charge is 0.489 e. The van der Waals surface area contributed by atoms with Crippen molar-refractivity contribution in [1.82, 2.24) is 0 Å². The highest BCUT2D eigenvalue weighted by atomic mass is 19.1. The molecule has 0 radical (unpaired) electrons. The Labute approximate surface area is 167 Å². The lowest BCUT2D eigenvalue weighted by molar-refractivity contribution is -0.129. The van der Waals surface area contributed by atoms with Gasteiger partial charge >= 0.3 is 5.97 Å². The van der Waals surface area contributed by atoms with Gasteiger partial charge in [0.1, 0.15) is 18.2 Å². The Morgan fingerprint density at radius 2 is 1.72 bits per heavy atom. The molecule has 4 nitrogen and oxygen atoms in total. The normalized spacial score (nSPS) is 14.6. The molecule has 1 aliphatic rings. The van der Waals surface area contributed by atoms with Crippen molar-refractivity contribution in [1.29, 1.82) is 0 Å². The zero-order valence-corrected chi connectivity index (χ0v) is 15.8. The molecule has 144 valence electrons. The van der Waals surface area contributed by atoms with Crippen LogP contribution in [0.4, 0.5) is 4.39 Å². The zero-order valence-electron chi connectivity index (χ0n) is 15.8. The van der Waals surface area contributed by atoms with Crippen molar-refractivity contribution in [3.8, 4) is 5.75 Å². The molecule has 0 N–H and O–H groups in total. The fourth-order valence-electron chi connectivity index (χ4n) is 2.90. The fraction of sp³-hybridized carbons (Fsp3) is 0.0833. The van der Waals surface area contributed by atoms with Crippen molar-refractivity contribution in [3.05, 3.63) is 107 Å². The van der Waals surface area contributed by atoms with Crippen molar-refractivity contribution < 1.29 is 18.7 Å². The summed E-state index contributed by atoms with van der Waals surface area (Å²) in [6.07, 6.45) is 1.68. The van der Waals surface area contributed by atoms with Gasteiger partial charge in [0.25, 0.3) is 0 Å². The van der Waals surface area contributed by atoms with Crippen molar-refractivity contribution in [3.63, 3.8) is 0 Å². The van der Waals surface area contributed by atoms with Gasteiger partial charge in [0.2, 0.25) is 5.90 Å². The minimum Gasteiger partial charge on any atom is -0.489 e. The summed E-state index contributed by atoms with van der Waals surface area (Å²) in [5, 5.41) is 0. The molecule has 1 aliphatic heterocycles. The van der Waals surface area contributed by atoms with Crippen molar-refractivity contribution in [2.45, 2.75) is 13.5 Å². The summed E-state index contributed by atoms with van der Waals surface area (Å²) >= 11 is 0. The van der Waals surface area contributed by atoms with Crippen LogP contribution in [-0.2, 0) is 16.1 Å². The second-order valence-electron chi connectivity index (χ2n) is 6.64. The van der Waals surface area contributed by atoms with E-state index in [0.29, 0.717) is 18.3 Å². The quantitative estimate of drug-likeness (QED) is 0.454. The Kier molecular flexibility index (Phi) is 5.20. The minimum atomic E-state index is -0.472. The molecule has 0 aliphatic carbocycles. The summed E-state index contributed by atoms with van der Waals surface area (Å²) in [5.41, 5.74) is 3.73. The van der Waals surface area contributed by atoms with Gasteiger partial charge < -0.3 is 9.47 Å². The highest BCUT2D eigenvalue weighted by Crippen LogP contribution is 2.22. The second kappa shape index (κ2) is 8.10. The Hall–Kier alpha value is -3.73. The van der Waals surface area contributed by atoms with Crippen molar-refractivity contribution in [2.24, 2.45) is 4.99 Å². The van der Waals surface area contributed by atoms with Gasteiger partial charge in [-0.3, -0.25) is 0 Å². The van der Waals surface area contributed by atoms with Crippen LogP contribution < -0.4 is 4.74 Å². The van der Waals surface area contributed by atoms with Crippen molar-refractivity contribution >= 4 is 17.9 Å². The van der Waals surface area contributed by atoms with Gasteiger partial charge in [-0.25, -0.2) is 14.2 Å². The van der Waals surface area contributed by atoms with Crippen LogP contribution >= 0.6 is 0 Å². The number of esters is 1. The molecule has 0 spiro atoms. The molecule has 4 rings (SSSR count). The summed E-state index contributed by atoms with van der Waals surface area (Å²) < 4.78 is 24.0. The maximum absolute atomic E-state index is 12.9. The standard InChI is InChI=1S/C24H18FNO3/c1-16-4-2-3-5-21(16)23-26-22(24(27)29-23)14-17-8-12-20(13-9-17)28-15-18-6-10-19(25)11-7-18/h2-14H,15H2,1H3/b22-14-. The monoisotopic (exact) mass is 387 g/mol. The number of ether oxygens (including phenoxy) is 2. The third-order valence-corrected chi connectivity index (χ3v) is 4.50. The van der Waals surface area contributed by atoms with E-state index in [2.05, 4.69) is 4.99 Å². The Morgan fingerprint density at radius 3 is 2.45 bits per heavy atom. The smallest absolute Gasteiger partial charge is 0.363 e. The number of benzene rings is 3. The zero-order chi connectivity index (χ0) is 20.2. The van der Waals surface area contributed by atoms with Gasteiger partial charge in [0, 0.05) is 5.56 Å². The molecular weight excluding hydrogens is 369 g/mol. The van der Waals surface area contributed by atoms with Crippen molar-refractivity contribution in [2.75, 3.05) is 0 Å². The number of carbonyl (C=O) groups excluding carboxylic acids is 1. The number of cyclic esters (lactones) is 1. The maximum Gasteiger partial charge on any atom is 0.363 e. The Balaban J connectivity index is 1.46. The van der Waals surface area contributed by atoms with Crippen LogP contribution in [0.15, 0.2) is 83.5 Å². The number of nitrogens with zero attached hydrogens (tertiary/aromatic N) is 1. The van der Waals surface area contributed by atoms with E-state index in [9.17, 15) is 9.18 Å². The summed E-state index contributed by atoms with van der Waals surface area (Å²) in [4.78, 5) is 16.5. The first-order chi connectivity index (χ1) is 14.1. The fourth-order valence-corrected chi connectivity index (χ4v) is 2.90. The first-order valence-corrected chi connectivity index (χ1v) is 9.14. The maximum atomic E-state index is 12.9. The third kappa shape index (κ3) is 4.41. The molecule has 29 heavy (non-hydrogen) atoms. The molecule has 0 aromatic heterocycles. The van der Waals surface area contributed by atoms with E-state index in [0.717, 1.165) is 22.3 Å². The molecule has 0 atom stereocenters. The average molecular weight is 387 g/mol. The lowest BCUT2D eigenvalue weighted by atomic mass is 10.1. The Morgan fingerprint density at radius 1 is 1.00 bits per heavy atom. The average Bonchev–Trinajstić information content (AvgIpc) is 3.09. The minimum absolute atomic E-state index is 0.253. The molecule has 3 aromatic rings. The highest BCUT2D eigenvalue weighted by molar-refractivity contribution is 6.13. The lowest BCUT2D eigenvalue weighted by Crippen LogP contribution is -2.06. The topological polar surface area (TPSA) is 47.9 Å². The van der Waals surface area contributed by atoms with Gasteiger partial charge in [-0.1, -0.05) is 42.5 Å². The number of hydrogen-bond donors (Lipinski definition) is 0. The third-order valence-electron chi connectivity index (χ3n) is 4.50. The summed E-state index contributed by atoms with van der Waals surface area (Å²) in [5.74, 6) is 0.248. The molecule has 0 bridgehead atoms. The van der Waals surface area contributed by atoms with E-state index in [-0.39, 0.29) is 11.5 Å². The summed E-state index contributed by atoms with van der Waals surface area (Å²) in [6.45, 7) is 2.29. The van der Waals surface area contributed by atoms with Crippen LogP contribution in [0.5, 0.6) is 5.75 Å². The van der Waals surface area contributed by atoms with Crippen LogP contribution in [0.1, 0.15) is 22.3 Å². The van der Waals surface area contributed by atoms with Gasteiger partial charge in [0.05, 0.1) is 0 Å². The summed E-state index contributed by atoms with van der Waals surface area (Å²) in [6, 6.07) is 21.1. The Bertz CT molecular complexity index is 1100. The van der Waals surface area contributed by atoms with E-state index >= 15 is 0 Å². The molecule has 3 aromatic carbocycles. The molecule has 0 amide bonds. The van der Waals surface area contributed by atoms with Gasteiger partial charge in [-0.15, -0.1) is 0 Å². The molecule has 0 fully saturated rings. The van der Waals surface area contributed by atoms with E-state index in [1.165, 1.54) is 12.1 Å². The SMILES string of the molecule is Cc1ccccc1C1=N/C(=C\c2ccc(OCc3ccc(F)cc3)cc2)C(=O)O1. The lowest BCUT2D eigenvalue weighted by Gasteiger charge is -2.06. The molecule has 5 heteroatoms. The van der Waals surface area contributed by atoms with Crippen LogP contribution in [0.3, 0.4) is 0 Å². The number of carbonyl (C=O) groups is 1. The first kappa shape index (κ1) is 18.6. The van der Waals surface area contributed by atoms with Gasteiger partial charge in [0.15, 0.2) is 5.70 Å².